The van der Waals surface area contributed by atoms with E-state index in [1.54, 1.807) is 12.2 Å². The SMILES string of the molecule is C=C1C(=O)C(O)=C1C=CC=CC. The molecule has 2 nitrogen and oxygen atoms in total. The van der Waals surface area contributed by atoms with Crippen molar-refractivity contribution in [2.45, 2.75) is 6.92 Å². The highest BCUT2D eigenvalue weighted by atomic mass is 16.3. The average molecular weight is 162 g/mol. The molecule has 0 saturated carbocycles. The van der Waals surface area contributed by atoms with Crippen LogP contribution in [0, 0.1) is 0 Å². The van der Waals surface area contributed by atoms with Crippen molar-refractivity contribution in [2.24, 2.45) is 0 Å². The van der Waals surface area contributed by atoms with E-state index < -0.39 is 0 Å². The molecule has 0 atom stereocenters. The lowest BCUT2D eigenvalue weighted by Crippen LogP contribution is -2.19. The Morgan fingerprint density at radius 1 is 1.42 bits per heavy atom. The van der Waals surface area contributed by atoms with E-state index in [1.807, 2.05) is 19.1 Å². The molecular formula is C10H10O2. The monoisotopic (exact) mass is 162 g/mol. The van der Waals surface area contributed by atoms with Crippen LogP contribution in [-0.2, 0) is 4.79 Å². The molecule has 0 spiro atoms. The van der Waals surface area contributed by atoms with Crippen LogP contribution in [0.2, 0.25) is 0 Å². The Bertz CT molecular complexity index is 317. The summed E-state index contributed by atoms with van der Waals surface area (Å²) in [5.74, 6) is -0.532. The zero-order valence-corrected chi connectivity index (χ0v) is 6.87. The number of rotatable bonds is 2. The van der Waals surface area contributed by atoms with Gasteiger partial charge in [0.25, 0.3) is 0 Å². The van der Waals surface area contributed by atoms with Crippen LogP contribution in [0.25, 0.3) is 0 Å². The van der Waals surface area contributed by atoms with Crippen LogP contribution in [0.3, 0.4) is 0 Å². The molecule has 0 amide bonds. The van der Waals surface area contributed by atoms with Gasteiger partial charge in [0, 0.05) is 11.1 Å². The Hall–Kier alpha value is -1.57. The number of allylic oxidation sites excluding steroid dienone is 6. The fourth-order valence-electron chi connectivity index (χ4n) is 0.910. The lowest BCUT2D eigenvalue weighted by molar-refractivity contribution is -0.115. The Labute approximate surface area is 71.2 Å². The first kappa shape index (κ1) is 8.53. The molecule has 12 heavy (non-hydrogen) atoms. The van der Waals surface area contributed by atoms with Crippen LogP contribution >= 0.6 is 0 Å². The Morgan fingerprint density at radius 3 is 2.58 bits per heavy atom. The molecule has 1 N–H and O–H groups in total. The first-order valence-corrected chi connectivity index (χ1v) is 3.65. The van der Waals surface area contributed by atoms with E-state index in [1.165, 1.54) is 0 Å². The number of carbonyl (C=O) groups is 1. The minimum absolute atomic E-state index is 0.180. The molecule has 2 heteroatoms. The topological polar surface area (TPSA) is 37.3 Å². The van der Waals surface area contributed by atoms with Gasteiger partial charge in [-0.25, -0.2) is 0 Å². The number of ketones is 1. The van der Waals surface area contributed by atoms with E-state index in [-0.39, 0.29) is 11.5 Å². The van der Waals surface area contributed by atoms with Gasteiger partial charge in [-0.2, -0.15) is 0 Å². The van der Waals surface area contributed by atoms with Gasteiger partial charge in [0.05, 0.1) is 0 Å². The molecule has 0 fully saturated rings. The predicted molar refractivity (Wildman–Crippen MR) is 47.8 cm³/mol. The maximum absolute atomic E-state index is 10.7. The number of hydrogen-bond donors (Lipinski definition) is 1. The molecule has 0 unspecified atom stereocenters. The number of hydrogen-bond acceptors (Lipinski definition) is 2. The van der Waals surface area contributed by atoms with Gasteiger partial charge in [-0.15, -0.1) is 0 Å². The summed E-state index contributed by atoms with van der Waals surface area (Å²) in [4.78, 5) is 10.7. The summed E-state index contributed by atoms with van der Waals surface area (Å²) in [6.45, 7) is 5.40. The first-order valence-electron chi connectivity index (χ1n) is 3.65. The summed E-state index contributed by atoms with van der Waals surface area (Å²) >= 11 is 0. The number of carbonyl (C=O) groups excluding carboxylic acids is 1. The van der Waals surface area contributed by atoms with E-state index >= 15 is 0 Å². The van der Waals surface area contributed by atoms with Crippen molar-refractivity contribution in [3.8, 4) is 0 Å². The maximum atomic E-state index is 10.7. The normalized spacial score (nSPS) is 18.1. The third-order valence-corrected chi connectivity index (χ3v) is 1.64. The standard InChI is InChI=1S/C10H10O2/c1-3-4-5-6-8-7(2)9(11)10(8)12/h3-6,12H,2H2,1H3. The summed E-state index contributed by atoms with van der Waals surface area (Å²) in [5, 5.41) is 9.04. The van der Waals surface area contributed by atoms with Gasteiger partial charge in [0.2, 0.25) is 5.78 Å². The van der Waals surface area contributed by atoms with E-state index in [0.717, 1.165) is 0 Å². The second-order valence-corrected chi connectivity index (χ2v) is 2.45. The van der Waals surface area contributed by atoms with Crippen molar-refractivity contribution in [1.29, 1.82) is 0 Å². The molecule has 0 saturated heterocycles. The highest BCUT2D eigenvalue weighted by Crippen LogP contribution is 2.27. The van der Waals surface area contributed by atoms with Crippen LogP contribution in [0.5, 0.6) is 0 Å². The van der Waals surface area contributed by atoms with Gasteiger partial charge in [0.1, 0.15) is 0 Å². The predicted octanol–water partition coefficient (Wildman–Crippen LogP) is 2.07. The van der Waals surface area contributed by atoms with Crippen molar-refractivity contribution in [1.82, 2.24) is 0 Å². The molecule has 0 radical (unpaired) electrons. The van der Waals surface area contributed by atoms with Crippen LogP contribution in [0.1, 0.15) is 6.92 Å². The average Bonchev–Trinajstić information content (AvgIpc) is 2.11. The summed E-state index contributed by atoms with van der Waals surface area (Å²) in [5.41, 5.74) is 0.923. The number of aliphatic hydroxyl groups excluding tert-OH is 1. The third kappa shape index (κ3) is 1.23. The highest BCUT2D eigenvalue weighted by Gasteiger charge is 2.29. The summed E-state index contributed by atoms with van der Waals surface area (Å²) in [6, 6.07) is 0. The third-order valence-electron chi connectivity index (χ3n) is 1.64. The lowest BCUT2D eigenvalue weighted by atomic mass is 9.89. The second kappa shape index (κ2) is 3.22. The van der Waals surface area contributed by atoms with Crippen LogP contribution in [0.4, 0.5) is 0 Å². The van der Waals surface area contributed by atoms with Crippen LogP contribution in [-0.4, -0.2) is 10.9 Å². The van der Waals surface area contributed by atoms with Crippen molar-refractivity contribution >= 4 is 5.78 Å². The van der Waals surface area contributed by atoms with Gasteiger partial charge in [-0.05, 0) is 6.92 Å². The molecule has 1 rings (SSSR count). The smallest absolute Gasteiger partial charge is 0.228 e. The number of Topliss-reactive ketones (excluding diaryl/α,β-unsaturated/α-hetero) is 1. The summed E-state index contributed by atoms with van der Waals surface area (Å²) < 4.78 is 0. The first-order chi connectivity index (χ1) is 5.68. The zero-order valence-electron chi connectivity index (χ0n) is 6.87. The zero-order chi connectivity index (χ0) is 9.14. The largest absolute Gasteiger partial charge is 0.504 e. The maximum Gasteiger partial charge on any atom is 0.228 e. The van der Waals surface area contributed by atoms with Crippen LogP contribution in [0.15, 0.2) is 47.8 Å². The molecule has 0 aromatic carbocycles. The van der Waals surface area contributed by atoms with Crippen LogP contribution < -0.4 is 0 Å². The number of aliphatic hydroxyl groups is 1. The Morgan fingerprint density at radius 2 is 2.08 bits per heavy atom. The van der Waals surface area contributed by atoms with E-state index in [4.69, 9.17) is 5.11 Å². The fourth-order valence-corrected chi connectivity index (χ4v) is 0.910. The Kier molecular flexibility index (Phi) is 2.29. The molecule has 1 aliphatic carbocycles. The molecule has 1 aliphatic rings. The summed E-state index contributed by atoms with van der Waals surface area (Å²) in [7, 11) is 0. The molecule has 62 valence electrons. The molecular weight excluding hydrogens is 152 g/mol. The van der Waals surface area contributed by atoms with E-state index in [2.05, 4.69) is 6.58 Å². The molecule has 0 aromatic heterocycles. The molecule has 0 aliphatic heterocycles. The highest BCUT2D eigenvalue weighted by molar-refractivity contribution is 6.18. The quantitative estimate of drug-likeness (QED) is 0.498. The molecule has 0 aromatic rings. The van der Waals surface area contributed by atoms with Gasteiger partial charge < -0.3 is 5.11 Å². The minimum Gasteiger partial charge on any atom is -0.504 e. The van der Waals surface area contributed by atoms with Crippen molar-refractivity contribution in [3.05, 3.63) is 47.8 Å². The fraction of sp³-hybridized carbons (Fsp3) is 0.100. The lowest BCUT2D eigenvalue weighted by Gasteiger charge is -2.16. The van der Waals surface area contributed by atoms with Crippen molar-refractivity contribution < 1.29 is 9.90 Å². The van der Waals surface area contributed by atoms with E-state index in [9.17, 15) is 4.79 Å². The van der Waals surface area contributed by atoms with Crippen molar-refractivity contribution in [3.63, 3.8) is 0 Å². The van der Waals surface area contributed by atoms with Gasteiger partial charge in [0.15, 0.2) is 5.76 Å². The van der Waals surface area contributed by atoms with Gasteiger partial charge in [-0.3, -0.25) is 4.79 Å². The van der Waals surface area contributed by atoms with E-state index in [0.29, 0.717) is 11.1 Å². The second-order valence-electron chi connectivity index (χ2n) is 2.45. The van der Waals surface area contributed by atoms with Gasteiger partial charge in [-0.1, -0.05) is 30.9 Å². The molecule has 0 heterocycles. The summed E-state index contributed by atoms with van der Waals surface area (Å²) in [6.07, 6.45) is 7.09. The Balaban J connectivity index is 2.79. The van der Waals surface area contributed by atoms with Gasteiger partial charge >= 0.3 is 0 Å². The van der Waals surface area contributed by atoms with Crippen molar-refractivity contribution in [2.75, 3.05) is 0 Å². The molecule has 0 bridgehead atoms. The minimum atomic E-state index is -0.352.